The number of likely N-dealkylation sites (N-methyl/N-ethyl adjacent to an activating group) is 2. The van der Waals surface area contributed by atoms with Crippen LogP contribution in [0, 0.1) is 0 Å². The maximum Gasteiger partial charge on any atom is 0.265 e. The van der Waals surface area contributed by atoms with E-state index >= 15 is 0 Å². The highest BCUT2D eigenvalue weighted by Gasteiger charge is 2.23. The van der Waals surface area contributed by atoms with Crippen molar-refractivity contribution >= 4 is 5.95 Å². The van der Waals surface area contributed by atoms with Gasteiger partial charge in [0.15, 0.2) is 0 Å². The van der Waals surface area contributed by atoms with Gasteiger partial charge >= 0.3 is 0 Å². The number of hydrogen-bond donors (Lipinski definition) is 0. The quantitative estimate of drug-likeness (QED) is 0.779. The molecule has 0 unspecified atom stereocenters. The molecule has 0 N–H and O–H groups in total. The van der Waals surface area contributed by atoms with Crippen LogP contribution in [0.4, 0.5) is 5.95 Å². The second-order valence-corrected chi connectivity index (χ2v) is 4.90. The van der Waals surface area contributed by atoms with E-state index in [1.807, 2.05) is 7.05 Å². The molecule has 96 valence electrons. The second-order valence-electron chi connectivity index (χ2n) is 4.90. The number of aryl methyl sites for hydroxylation is 1. The number of rotatable bonds is 5. The Morgan fingerprint density at radius 3 is 3.00 bits per heavy atom. The SMILES string of the molecule is CCCc1nc(N(C)C[C@H]2CCCN2C)no1. The average Bonchev–Trinajstić information content (AvgIpc) is 2.90. The summed E-state index contributed by atoms with van der Waals surface area (Å²) < 4.78 is 5.20. The molecule has 1 fully saturated rings. The number of aromatic nitrogens is 2. The van der Waals surface area contributed by atoms with Gasteiger partial charge in [0, 0.05) is 26.1 Å². The van der Waals surface area contributed by atoms with E-state index in [1.54, 1.807) is 0 Å². The molecule has 0 amide bonds. The fraction of sp³-hybridized carbons (Fsp3) is 0.833. The lowest BCUT2D eigenvalue weighted by atomic mass is 10.2. The summed E-state index contributed by atoms with van der Waals surface area (Å²) in [7, 11) is 4.22. The van der Waals surface area contributed by atoms with Crippen molar-refractivity contribution in [3.8, 4) is 0 Å². The number of nitrogens with zero attached hydrogens (tertiary/aromatic N) is 4. The molecule has 1 aliphatic heterocycles. The zero-order chi connectivity index (χ0) is 12.3. The van der Waals surface area contributed by atoms with Crippen molar-refractivity contribution in [1.29, 1.82) is 0 Å². The van der Waals surface area contributed by atoms with Gasteiger partial charge in [-0.05, 0) is 38.0 Å². The number of hydrogen-bond acceptors (Lipinski definition) is 5. The predicted octanol–water partition coefficient (Wildman–Crippen LogP) is 1.55. The summed E-state index contributed by atoms with van der Waals surface area (Å²) in [5.41, 5.74) is 0. The molecule has 2 heterocycles. The van der Waals surface area contributed by atoms with Crippen LogP contribution in [-0.4, -0.2) is 48.3 Å². The van der Waals surface area contributed by atoms with Crippen molar-refractivity contribution < 1.29 is 4.52 Å². The molecule has 0 aromatic carbocycles. The smallest absolute Gasteiger partial charge is 0.265 e. The molecule has 1 aliphatic rings. The van der Waals surface area contributed by atoms with Crippen LogP contribution >= 0.6 is 0 Å². The lowest BCUT2D eigenvalue weighted by molar-refractivity contribution is 0.312. The van der Waals surface area contributed by atoms with Gasteiger partial charge in [-0.3, -0.25) is 0 Å². The van der Waals surface area contributed by atoms with Crippen LogP contribution in [0.1, 0.15) is 32.1 Å². The minimum absolute atomic E-state index is 0.619. The highest BCUT2D eigenvalue weighted by molar-refractivity contribution is 5.26. The van der Waals surface area contributed by atoms with Gasteiger partial charge in [0.25, 0.3) is 5.95 Å². The monoisotopic (exact) mass is 238 g/mol. The fourth-order valence-electron chi connectivity index (χ4n) is 2.32. The predicted molar refractivity (Wildman–Crippen MR) is 67.2 cm³/mol. The molecular formula is C12H22N4O. The Morgan fingerprint density at radius 1 is 1.53 bits per heavy atom. The van der Waals surface area contributed by atoms with E-state index in [4.69, 9.17) is 4.52 Å². The number of anilines is 1. The van der Waals surface area contributed by atoms with Crippen molar-refractivity contribution in [3.63, 3.8) is 0 Å². The molecule has 1 aromatic rings. The molecular weight excluding hydrogens is 216 g/mol. The van der Waals surface area contributed by atoms with Gasteiger partial charge in [0.2, 0.25) is 5.89 Å². The van der Waals surface area contributed by atoms with Crippen molar-refractivity contribution in [2.24, 2.45) is 0 Å². The summed E-state index contributed by atoms with van der Waals surface area (Å²) in [6, 6.07) is 0.619. The fourth-order valence-corrected chi connectivity index (χ4v) is 2.32. The normalized spacial score (nSPS) is 21.0. The van der Waals surface area contributed by atoms with Crippen LogP contribution < -0.4 is 4.90 Å². The highest BCUT2D eigenvalue weighted by atomic mass is 16.5. The third-order valence-electron chi connectivity index (χ3n) is 3.42. The van der Waals surface area contributed by atoms with E-state index in [0.29, 0.717) is 12.0 Å². The minimum Gasteiger partial charge on any atom is -0.340 e. The van der Waals surface area contributed by atoms with Crippen LogP contribution in [0.3, 0.4) is 0 Å². The lowest BCUT2D eigenvalue weighted by Crippen LogP contribution is -2.37. The average molecular weight is 238 g/mol. The van der Waals surface area contributed by atoms with E-state index in [2.05, 4.69) is 33.9 Å². The van der Waals surface area contributed by atoms with Gasteiger partial charge < -0.3 is 14.3 Å². The molecule has 1 aromatic heterocycles. The van der Waals surface area contributed by atoms with E-state index < -0.39 is 0 Å². The van der Waals surface area contributed by atoms with E-state index in [-0.39, 0.29) is 0 Å². The Balaban J connectivity index is 1.91. The molecule has 5 nitrogen and oxygen atoms in total. The molecule has 17 heavy (non-hydrogen) atoms. The summed E-state index contributed by atoms with van der Waals surface area (Å²) in [5.74, 6) is 1.46. The number of likely N-dealkylation sites (tertiary alicyclic amines) is 1. The molecule has 5 heteroatoms. The lowest BCUT2D eigenvalue weighted by Gasteiger charge is -2.24. The Bertz CT molecular complexity index is 352. The van der Waals surface area contributed by atoms with Crippen molar-refractivity contribution in [2.45, 2.75) is 38.6 Å². The van der Waals surface area contributed by atoms with Gasteiger partial charge in [0.1, 0.15) is 0 Å². The first-order chi connectivity index (χ1) is 8.20. The van der Waals surface area contributed by atoms with Crippen molar-refractivity contribution in [2.75, 3.05) is 32.1 Å². The zero-order valence-electron chi connectivity index (χ0n) is 11.0. The highest BCUT2D eigenvalue weighted by Crippen LogP contribution is 2.17. The van der Waals surface area contributed by atoms with E-state index in [1.165, 1.54) is 19.4 Å². The third kappa shape index (κ3) is 2.97. The second kappa shape index (κ2) is 5.49. The Hall–Kier alpha value is -1.10. The van der Waals surface area contributed by atoms with Crippen LogP contribution in [0.2, 0.25) is 0 Å². The first-order valence-corrected chi connectivity index (χ1v) is 6.44. The largest absolute Gasteiger partial charge is 0.340 e. The molecule has 1 saturated heterocycles. The van der Waals surface area contributed by atoms with Crippen molar-refractivity contribution in [1.82, 2.24) is 15.0 Å². The Kier molecular flexibility index (Phi) is 3.99. The zero-order valence-corrected chi connectivity index (χ0v) is 11.0. The van der Waals surface area contributed by atoms with Crippen LogP contribution in [0.15, 0.2) is 4.52 Å². The summed E-state index contributed by atoms with van der Waals surface area (Å²) >= 11 is 0. The molecule has 0 bridgehead atoms. The first-order valence-electron chi connectivity index (χ1n) is 6.44. The summed E-state index contributed by atoms with van der Waals surface area (Å²) in [6.45, 7) is 4.29. The third-order valence-corrected chi connectivity index (χ3v) is 3.42. The van der Waals surface area contributed by atoms with Gasteiger partial charge in [-0.15, -0.1) is 0 Å². The topological polar surface area (TPSA) is 45.4 Å². The molecule has 0 radical (unpaired) electrons. The van der Waals surface area contributed by atoms with Crippen LogP contribution in [0.25, 0.3) is 0 Å². The molecule has 0 aliphatic carbocycles. The minimum atomic E-state index is 0.619. The van der Waals surface area contributed by atoms with Gasteiger partial charge in [-0.25, -0.2) is 0 Å². The van der Waals surface area contributed by atoms with Gasteiger partial charge in [-0.2, -0.15) is 4.98 Å². The summed E-state index contributed by atoms with van der Waals surface area (Å²) in [4.78, 5) is 8.90. The van der Waals surface area contributed by atoms with Crippen LogP contribution in [-0.2, 0) is 6.42 Å². The van der Waals surface area contributed by atoms with E-state index in [9.17, 15) is 0 Å². The molecule has 0 saturated carbocycles. The summed E-state index contributed by atoms with van der Waals surface area (Å²) in [5, 5.41) is 4.02. The summed E-state index contributed by atoms with van der Waals surface area (Å²) in [6.07, 6.45) is 4.46. The standard InChI is InChI=1S/C12H22N4O/c1-4-6-11-13-12(14-17-11)16(3)9-10-7-5-8-15(10)2/h10H,4-9H2,1-3H3/t10-/m1/s1. The Labute approximate surface area is 103 Å². The maximum atomic E-state index is 5.20. The molecule has 0 spiro atoms. The molecule has 1 atom stereocenters. The van der Waals surface area contributed by atoms with Gasteiger partial charge in [-0.1, -0.05) is 6.92 Å². The van der Waals surface area contributed by atoms with Crippen LogP contribution in [0.5, 0.6) is 0 Å². The van der Waals surface area contributed by atoms with Crippen molar-refractivity contribution in [3.05, 3.63) is 5.89 Å². The molecule has 2 rings (SSSR count). The van der Waals surface area contributed by atoms with E-state index in [0.717, 1.165) is 25.3 Å². The Morgan fingerprint density at radius 2 is 2.35 bits per heavy atom. The maximum absolute atomic E-state index is 5.20. The van der Waals surface area contributed by atoms with Gasteiger partial charge in [0.05, 0.1) is 0 Å². The first kappa shape index (κ1) is 12.4.